The molecule has 6 nitrogen and oxygen atoms in total. The molecule has 1 aromatic carbocycles. The molecule has 3 N–H and O–H groups in total. The van der Waals surface area contributed by atoms with Crippen LogP contribution in [0.25, 0.3) is 0 Å². The molecule has 118 valence electrons. The van der Waals surface area contributed by atoms with Crippen molar-refractivity contribution in [1.29, 1.82) is 0 Å². The van der Waals surface area contributed by atoms with Crippen molar-refractivity contribution < 1.29 is 17.6 Å². The van der Waals surface area contributed by atoms with E-state index in [0.29, 0.717) is 17.8 Å². The molecule has 0 aliphatic carbocycles. The van der Waals surface area contributed by atoms with Gasteiger partial charge in [0.1, 0.15) is 16.4 Å². The van der Waals surface area contributed by atoms with E-state index in [1.807, 2.05) is 0 Å². The van der Waals surface area contributed by atoms with Crippen molar-refractivity contribution in [2.24, 2.45) is 5.14 Å². The number of hydrogen-bond acceptors (Lipinski definition) is 3. The van der Waals surface area contributed by atoms with Crippen molar-refractivity contribution in [3.8, 4) is 0 Å². The zero-order valence-corrected chi connectivity index (χ0v) is 12.9. The van der Waals surface area contributed by atoms with Crippen LogP contribution in [0, 0.1) is 12.7 Å². The molecule has 0 fully saturated rings. The van der Waals surface area contributed by atoms with Gasteiger partial charge in [0.2, 0.25) is 10.0 Å². The second-order valence-electron chi connectivity index (χ2n) is 4.81. The van der Waals surface area contributed by atoms with Crippen LogP contribution in [0.4, 0.5) is 10.1 Å². The molecule has 0 aliphatic rings. The van der Waals surface area contributed by atoms with E-state index in [2.05, 4.69) is 5.32 Å². The summed E-state index contributed by atoms with van der Waals surface area (Å²) in [6.07, 6.45) is 1.31. The van der Waals surface area contributed by atoms with Crippen molar-refractivity contribution in [2.45, 2.75) is 25.3 Å². The number of aromatic nitrogens is 1. The van der Waals surface area contributed by atoms with Gasteiger partial charge in [-0.15, -0.1) is 0 Å². The maximum atomic E-state index is 13.2. The number of benzene rings is 1. The standard InChI is InChI=1S/C14H16FN3O3S/c1-3-18-8-11(22(16,20)21)7-13(18)14(19)17-10-4-5-12(15)9(2)6-10/h4-8H,3H2,1-2H3,(H,17,19)(H2,16,20,21). The largest absolute Gasteiger partial charge is 0.342 e. The molecule has 0 saturated carbocycles. The quantitative estimate of drug-likeness (QED) is 0.898. The number of rotatable bonds is 4. The Labute approximate surface area is 127 Å². The Morgan fingerprint density at radius 1 is 1.36 bits per heavy atom. The van der Waals surface area contributed by atoms with E-state index in [4.69, 9.17) is 5.14 Å². The third-order valence-corrected chi connectivity index (χ3v) is 4.07. The maximum Gasteiger partial charge on any atom is 0.272 e. The van der Waals surface area contributed by atoms with E-state index >= 15 is 0 Å². The highest BCUT2D eigenvalue weighted by atomic mass is 32.2. The predicted octanol–water partition coefficient (Wildman–Crippen LogP) is 1.86. The van der Waals surface area contributed by atoms with Crippen molar-refractivity contribution >= 4 is 21.6 Å². The van der Waals surface area contributed by atoms with E-state index in [0.717, 1.165) is 0 Å². The monoisotopic (exact) mass is 325 g/mol. The number of primary sulfonamides is 1. The average molecular weight is 325 g/mol. The van der Waals surface area contributed by atoms with Gasteiger partial charge in [-0.2, -0.15) is 0 Å². The molecule has 0 bridgehead atoms. The molecule has 0 spiro atoms. The summed E-state index contributed by atoms with van der Waals surface area (Å²) in [5.74, 6) is -0.866. The Morgan fingerprint density at radius 2 is 2.05 bits per heavy atom. The molecule has 0 atom stereocenters. The number of aryl methyl sites for hydroxylation is 2. The minimum absolute atomic E-state index is 0.130. The summed E-state index contributed by atoms with van der Waals surface area (Å²) >= 11 is 0. The number of anilines is 1. The zero-order valence-electron chi connectivity index (χ0n) is 12.1. The lowest BCUT2D eigenvalue weighted by atomic mass is 10.2. The van der Waals surface area contributed by atoms with Crippen LogP contribution in [0.15, 0.2) is 35.4 Å². The number of sulfonamides is 1. The van der Waals surface area contributed by atoms with Gasteiger partial charge in [-0.25, -0.2) is 17.9 Å². The number of halogens is 1. The summed E-state index contributed by atoms with van der Waals surface area (Å²) in [6, 6.07) is 5.39. The summed E-state index contributed by atoms with van der Waals surface area (Å²) in [4.78, 5) is 12.1. The normalized spacial score (nSPS) is 11.5. The molecule has 8 heteroatoms. The third kappa shape index (κ3) is 3.34. The topological polar surface area (TPSA) is 94.2 Å². The Bertz CT molecular complexity index is 828. The van der Waals surface area contributed by atoms with Crippen LogP contribution < -0.4 is 10.5 Å². The Balaban J connectivity index is 2.33. The molecular formula is C14H16FN3O3S. The molecule has 1 amide bonds. The number of hydrogen-bond donors (Lipinski definition) is 2. The fourth-order valence-corrected chi connectivity index (χ4v) is 2.56. The molecule has 0 saturated heterocycles. The Kier molecular flexibility index (Phi) is 4.34. The highest BCUT2D eigenvalue weighted by Gasteiger charge is 2.18. The lowest BCUT2D eigenvalue weighted by Crippen LogP contribution is -2.16. The van der Waals surface area contributed by atoms with E-state index in [1.165, 1.54) is 35.0 Å². The van der Waals surface area contributed by atoms with Crippen LogP contribution in [0.3, 0.4) is 0 Å². The highest BCUT2D eigenvalue weighted by molar-refractivity contribution is 7.89. The summed E-state index contributed by atoms with van der Waals surface area (Å²) in [6.45, 7) is 3.76. The minimum atomic E-state index is -3.88. The fraction of sp³-hybridized carbons (Fsp3) is 0.214. The lowest BCUT2D eigenvalue weighted by Gasteiger charge is -2.08. The molecule has 0 unspecified atom stereocenters. The van der Waals surface area contributed by atoms with Gasteiger partial charge in [0.05, 0.1) is 0 Å². The zero-order chi connectivity index (χ0) is 16.5. The molecule has 0 radical (unpaired) electrons. The molecular weight excluding hydrogens is 309 g/mol. The number of carbonyl (C=O) groups excluding carboxylic acids is 1. The second kappa shape index (κ2) is 5.90. The molecule has 2 aromatic rings. The van der Waals surface area contributed by atoms with Crippen molar-refractivity contribution in [3.63, 3.8) is 0 Å². The van der Waals surface area contributed by atoms with Crippen molar-refractivity contribution in [1.82, 2.24) is 4.57 Å². The van der Waals surface area contributed by atoms with Crippen LogP contribution in [0.1, 0.15) is 23.0 Å². The molecule has 0 aliphatic heterocycles. The van der Waals surface area contributed by atoms with E-state index in [1.54, 1.807) is 13.8 Å². The molecule has 22 heavy (non-hydrogen) atoms. The number of carbonyl (C=O) groups is 1. The molecule has 2 rings (SSSR count). The third-order valence-electron chi connectivity index (χ3n) is 3.19. The second-order valence-corrected chi connectivity index (χ2v) is 6.37. The number of nitrogens with one attached hydrogen (secondary N) is 1. The first-order valence-corrected chi connectivity index (χ1v) is 8.07. The average Bonchev–Trinajstić information content (AvgIpc) is 2.87. The van der Waals surface area contributed by atoms with Crippen molar-refractivity contribution in [2.75, 3.05) is 5.32 Å². The van der Waals surface area contributed by atoms with Gasteiger partial charge in [0.25, 0.3) is 5.91 Å². The summed E-state index contributed by atoms with van der Waals surface area (Å²) in [5.41, 5.74) is 0.979. The number of amides is 1. The maximum absolute atomic E-state index is 13.2. The van der Waals surface area contributed by atoms with Crippen LogP contribution in [-0.4, -0.2) is 18.9 Å². The van der Waals surface area contributed by atoms with Crippen LogP contribution >= 0.6 is 0 Å². The SMILES string of the molecule is CCn1cc(S(N)(=O)=O)cc1C(=O)Nc1ccc(F)c(C)c1. The summed E-state index contributed by atoms with van der Waals surface area (Å²) < 4.78 is 37.4. The molecule has 1 aromatic heterocycles. The minimum Gasteiger partial charge on any atom is -0.342 e. The first-order valence-electron chi connectivity index (χ1n) is 6.53. The van der Waals surface area contributed by atoms with Crippen LogP contribution in [-0.2, 0) is 16.6 Å². The van der Waals surface area contributed by atoms with E-state index in [9.17, 15) is 17.6 Å². The first-order chi connectivity index (χ1) is 10.2. The van der Waals surface area contributed by atoms with Gasteiger partial charge in [-0.1, -0.05) is 0 Å². The first kappa shape index (κ1) is 16.2. The summed E-state index contributed by atoms with van der Waals surface area (Å²) in [7, 11) is -3.88. The van der Waals surface area contributed by atoms with Gasteiger partial charge in [-0.3, -0.25) is 4.79 Å². The predicted molar refractivity (Wildman–Crippen MR) is 80.6 cm³/mol. The van der Waals surface area contributed by atoms with Crippen LogP contribution in [0.2, 0.25) is 0 Å². The van der Waals surface area contributed by atoms with Gasteiger partial charge in [0.15, 0.2) is 0 Å². The van der Waals surface area contributed by atoms with Gasteiger partial charge in [0, 0.05) is 18.4 Å². The van der Waals surface area contributed by atoms with Crippen molar-refractivity contribution in [3.05, 3.63) is 47.5 Å². The number of nitrogens with two attached hydrogens (primary N) is 1. The van der Waals surface area contributed by atoms with Gasteiger partial charge < -0.3 is 9.88 Å². The molecule has 1 heterocycles. The van der Waals surface area contributed by atoms with Gasteiger partial charge >= 0.3 is 0 Å². The van der Waals surface area contributed by atoms with E-state index in [-0.39, 0.29) is 16.4 Å². The van der Waals surface area contributed by atoms with Gasteiger partial charge in [-0.05, 0) is 43.7 Å². The van der Waals surface area contributed by atoms with E-state index < -0.39 is 15.9 Å². The van der Waals surface area contributed by atoms with Crippen LogP contribution in [0.5, 0.6) is 0 Å². The fourth-order valence-electron chi connectivity index (χ4n) is 2.01. The highest BCUT2D eigenvalue weighted by Crippen LogP contribution is 2.17. The Morgan fingerprint density at radius 3 is 2.59 bits per heavy atom. The Hall–Kier alpha value is -2.19. The smallest absolute Gasteiger partial charge is 0.272 e. The summed E-state index contributed by atoms with van der Waals surface area (Å²) in [5, 5.41) is 7.67. The lowest BCUT2D eigenvalue weighted by molar-refractivity contribution is 0.101. The number of nitrogens with zero attached hydrogens (tertiary/aromatic N) is 1.